The van der Waals surface area contributed by atoms with Gasteiger partial charge < -0.3 is 5.11 Å². The molecule has 0 unspecified atom stereocenters. The Balaban J connectivity index is 2.44. The number of carboxylic acids is 1. The van der Waals surface area contributed by atoms with E-state index in [1.807, 2.05) is 6.07 Å². The fourth-order valence-corrected chi connectivity index (χ4v) is 2.99. The van der Waals surface area contributed by atoms with E-state index in [2.05, 4.69) is 25.9 Å². The van der Waals surface area contributed by atoms with Gasteiger partial charge in [0.2, 0.25) is 0 Å². The van der Waals surface area contributed by atoms with Crippen molar-refractivity contribution in [2.75, 3.05) is 0 Å². The van der Waals surface area contributed by atoms with Crippen LogP contribution in [0.4, 0.5) is 0 Å². The molecule has 20 heavy (non-hydrogen) atoms. The zero-order valence-corrected chi connectivity index (χ0v) is 12.7. The summed E-state index contributed by atoms with van der Waals surface area (Å²) in [7, 11) is 0. The van der Waals surface area contributed by atoms with E-state index in [0.29, 0.717) is 15.7 Å². The quantitative estimate of drug-likeness (QED) is 0.855. The molecule has 2 rings (SSSR count). The number of rotatable bonds is 3. The van der Waals surface area contributed by atoms with E-state index in [0.717, 1.165) is 16.2 Å². The Kier molecular flexibility index (Phi) is 4.37. The summed E-state index contributed by atoms with van der Waals surface area (Å²) in [6.07, 6.45) is 0. The lowest BCUT2D eigenvalue weighted by atomic mass is 10.2. The van der Waals surface area contributed by atoms with Gasteiger partial charge >= 0.3 is 5.97 Å². The molecule has 1 aromatic carbocycles. The van der Waals surface area contributed by atoms with Crippen LogP contribution in [0.15, 0.2) is 38.8 Å². The summed E-state index contributed by atoms with van der Waals surface area (Å²) in [5.41, 5.74) is 1.08. The summed E-state index contributed by atoms with van der Waals surface area (Å²) in [6, 6.07) is 8.38. The minimum atomic E-state index is -1.02. The second-order valence-corrected chi connectivity index (χ2v) is 5.76. The molecule has 5 nitrogen and oxygen atoms in total. The van der Waals surface area contributed by atoms with Crippen LogP contribution in [0, 0.1) is 18.3 Å². The molecule has 0 saturated carbocycles. The van der Waals surface area contributed by atoms with Crippen molar-refractivity contribution in [1.82, 2.24) is 9.97 Å². The second kappa shape index (κ2) is 6.03. The maximum atomic E-state index is 11.2. The molecule has 0 atom stereocenters. The summed E-state index contributed by atoms with van der Waals surface area (Å²) >= 11 is 4.42. The summed E-state index contributed by atoms with van der Waals surface area (Å²) < 4.78 is 0.762. The Morgan fingerprint density at radius 2 is 2.15 bits per heavy atom. The Labute approximate surface area is 127 Å². The second-order valence-electron chi connectivity index (χ2n) is 3.84. The number of nitrogens with zero attached hydrogens (tertiary/aromatic N) is 3. The predicted molar refractivity (Wildman–Crippen MR) is 76.7 cm³/mol. The molecule has 2 aromatic rings. The summed E-state index contributed by atoms with van der Waals surface area (Å²) in [5.74, 6) is -1.02. The Hall–Kier alpha value is -1.91. The van der Waals surface area contributed by atoms with Crippen LogP contribution in [-0.4, -0.2) is 21.0 Å². The first-order valence-electron chi connectivity index (χ1n) is 5.46. The normalized spacial score (nSPS) is 10.1. The van der Waals surface area contributed by atoms with Gasteiger partial charge in [0.25, 0.3) is 0 Å². The highest BCUT2D eigenvalue weighted by molar-refractivity contribution is 9.10. The number of aromatic carboxylic acids is 1. The van der Waals surface area contributed by atoms with Gasteiger partial charge in [-0.3, -0.25) is 0 Å². The zero-order chi connectivity index (χ0) is 14.7. The van der Waals surface area contributed by atoms with E-state index in [4.69, 9.17) is 10.4 Å². The van der Waals surface area contributed by atoms with Gasteiger partial charge in [0.15, 0.2) is 5.16 Å². The number of hydrogen-bond acceptors (Lipinski definition) is 5. The molecule has 0 aliphatic heterocycles. The van der Waals surface area contributed by atoms with Crippen molar-refractivity contribution in [1.29, 1.82) is 5.26 Å². The number of benzene rings is 1. The monoisotopic (exact) mass is 349 g/mol. The molecule has 7 heteroatoms. The average Bonchev–Trinajstić information content (AvgIpc) is 2.37. The fourth-order valence-electron chi connectivity index (χ4n) is 1.50. The molecule has 1 heterocycles. The van der Waals surface area contributed by atoms with E-state index in [1.54, 1.807) is 25.1 Å². The maximum Gasteiger partial charge on any atom is 0.336 e. The molecule has 0 spiro atoms. The van der Waals surface area contributed by atoms with Crippen molar-refractivity contribution in [3.8, 4) is 6.07 Å². The Morgan fingerprint density at radius 3 is 2.80 bits per heavy atom. The van der Waals surface area contributed by atoms with Crippen molar-refractivity contribution in [3.63, 3.8) is 0 Å². The van der Waals surface area contributed by atoms with E-state index in [-0.39, 0.29) is 11.3 Å². The molecular weight excluding hydrogens is 342 g/mol. The molecule has 0 bridgehead atoms. The third-order valence-electron chi connectivity index (χ3n) is 2.32. The summed E-state index contributed by atoms with van der Waals surface area (Å²) in [4.78, 5) is 20.0. The summed E-state index contributed by atoms with van der Waals surface area (Å²) in [6.45, 7) is 1.76. The highest BCUT2D eigenvalue weighted by atomic mass is 79.9. The lowest BCUT2D eigenvalue weighted by Gasteiger charge is -2.06. The molecule has 0 fully saturated rings. The molecular formula is C13H8BrN3O2S. The number of halogens is 1. The number of carboxylic acid groups (broad SMARTS) is 1. The largest absolute Gasteiger partial charge is 0.478 e. The van der Waals surface area contributed by atoms with Crippen LogP contribution in [0.25, 0.3) is 0 Å². The van der Waals surface area contributed by atoms with Gasteiger partial charge in [0.05, 0.1) is 5.56 Å². The molecule has 0 amide bonds. The molecule has 0 saturated heterocycles. The van der Waals surface area contributed by atoms with E-state index >= 15 is 0 Å². The van der Waals surface area contributed by atoms with Gasteiger partial charge in [-0.2, -0.15) is 5.26 Å². The molecule has 0 aliphatic carbocycles. The van der Waals surface area contributed by atoms with Crippen molar-refractivity contribution in [2.24, 2.45) is 0 Å². The highest BCUT2D eigenvalue weighted by Gasteiger charge is 2.13. The number of hydrogen-bond donors (Lipinski definition) is 1. The molecule has 1 aromatic heterocycles. The number of aryl methyl sites for hydroxylation is 1. The van der Waals surface area contributed by atoms with Crippen LogP contribution in [-0.2, 0) is 0 Å². The molecule has 100 valence electrons. The SMILES string of the molecule is Cc1cc(C#N)nc(Sc2cc(Br)ccc2C(=O)O)n1. The van der Waals surface area contributed by atoms with E-state index in [9.17, 15) is 4.79 Å². The number of carbonyl (C=O) groups is 1. The van der Waals surface area contributed by atoms with Gasteiger partial charge in [0, 0.05) is 15.1 Å². The van der Waals surface area contributed by atoms with Gasteiger partial charge in [-0.05, 0) is 43.0 Å². The zero-order valence-electron chi connectivity index (χ0n) is 10.3. The summed E-state index contributed by atoms with van der Waals surface area (Å²) in [5, 5.41) is 18.4. The lowest BCUT2D eigenvalue weighted by molar-refractivity contribution is 0.0693. The number of nitriles is 1. The maximum absolute atomic E-state index is 11.2. The topological polar surface area (TPSA) is 86.9 Å². The molecule has 1 N–H and O–H groups in total. The van der Waals surface area contributed by atoms with E-state index < -0.39 is 5.97 Å². The van der Waals surface area contributed by atoms with E-state index in [1.165, 1.54) is 6.07 Å². The molecule has 0 aliphatic rings. The van der Waals surface area contributed by atoms with Gasteiger partial charge in [-0.25, -0.2) is 14.8 Å². The van der Waals surface area contributed by atoms with Gasteiger partial charge in [-0.15, -0.1) is 0 Å². The van der Waals surface area contributed by atoms with Crippen molar-refractivity contribution in [2.45, 2.75) is 17.0 Å². The van der Waals surface area contributed by atoms with Crippen LogP contribution in [0.1, 0.15) is 21.7 Å². The first-order valence-corrected chi connectivity index (χ1v) is 7.07. The Morgan fingerprint density at radius 1 is 1.40 bits per heavy atom. The fraction of sp³-hybridized carbons (Fsp3) is 0.0769. The van der Waals surface area contributed by atoms with Crippen LogP contribution in [0.3, 0.4) is 0 Å². The average molecular weight is 350 g/mol. The first-order chi connectivity index (χ1) is 9.49. The number of aromatic nitrogens is 2. The minimum Gasteiger partial charge on any atom is -0.478 e. The third kappa shape index (κ3) is 3.35. The van der Waals surface area contributed by atoms with Crippen LogP contribution < -0.4 is 0 Å². The van der Waals surface area contributed by atoms with Crippen molar-refractivity contribution < 1.29 is 9.90 Å². The van der Waals surface area contributed by atoms with Gasteiger partial charge in [0.1, 0.15) is 11.8 Å². The first kappa shape index (κ1) is 14.5. The predicted octanol–water partition coefficient (Wildman–Crippen LogP) is 3.27. The minimum absolute atomic E-state index is 0.168. The Bertz CT molecular complexity index is 728. The van der Waals surface area contributed by atoms with Gasteiger partial charge in [-0.1, -0.05) is 15.9 Å². The standard InChI is InChI=1S/C13H8BrN3O2S/c1-7-4-9(6-15)17-13(16-7)20-11-5-8(14)2-3-10(11)12(18)19/h2-5H,1H3,(H,18,19). The smallest absolute Gasteiger partial charge is 0.336 e. The van der Waals surface area contributed by atoms with Crippen molar-refractivity contribution >= 4 is 33.7 Å². The van der Waals surface area contributed by atoms with Crippen LogP contribution in [0.5, 0.6) is 0 Å². The van der Waals surface area contributed by atoms with Crippen LogP contribution in [0.2, 0.25) is 0 Å². The third-order valence-corrected chi connectivity index (χ3v) is 3.74. The van der Waals surface area contributed by atoms with Crippen molar-refractivity contribution in [3.05, 3.63) is 45.7 Å². The van der Waals surface area contributed by atoms with Crippen LogP contribution >= 0.6 is 27.7 Å². The highest BCUT2D eigenvalue weighted by Crippen LogP contribution is 2.31. The lowest BCUT2D eigenvalue weighted by Crippen LogP contribution is -2.00. The molecule has 0 radical (unpaired) electrons.